The highest BCUT2D eigenvalue weighted by Crippen LogP contribution is 2.35. The molecule has 0 unspecified atom stereocenters. The first-order chi connectivity index (χ1) is 14.3. The van der Waals surface area contributed by atoms with Crippen LogP contribution in [0.25, 0.3) is 11.3 Å². The molecule has 2 aromatic heterocycles. The second-order valence-electron chi connectivity index (χ2n) is 8.33. The lowest BCUT2D eigenvalue weighted by Crippen LogP contribution is -2.21. The van der Waals surface area contributed by atoms with Crippen molar-refractivity contribution in [2.75, 3.05) is 17.2 Å². The Labute approximate surface area is 175 Å². The van der Waals surface area contributed by atoms with Crippen LogP contribution in [-0.2, 0) is 0 Å². The summed E-state index contributed by atoms with van der Waals surface area (Å²) >= 11 is 0. The van der Waals surface area contributed by atoms with Crippen LogP contribution >= 0.6 is 0 Å². The van der Waals surface area contributed by atoms with Crippen molar-refractivity contribution in [2.24, 2.45) is 5.41 Å². The quantitative estimate of drug-likeness (QED) is 0.585. The fourth-order valence-corrected chi connectivity index (χ4v) is 3.03. The molecule has 0 bridgehead atoms. The lowest BCUT2D eigenvalue weighted by atomic mass is 9.96. The average Bonchev–Trinajstić information content (AvgIpc) is 3.48. The molecule has 1 saturated carbocycles. The van der Waals surface area contributed by atoms with Crippen molar-refractivity contribution in [2.45, 2.75) is 39.7 Å². The van der Waals surface area contributed by atoms with Crippen LogP contribution in [-0.4, -0.2) is 26.3 Å². The van der Waals surface area contributed by atoms with Gasteiger partial charge in [0, 0.05) is 24.5 Å². The fraction of sp³-hybridized carbons (Fsp3) is 0.364. The van der Waals surface area contributed by atoms with E-state index in [-0.39, 0.29) is 5.82 Å². The number of nitrogens with one attached hydrogen (secondary N) is 2. The minimum atomic E-state index is -0.581. The molecule has 0 amide bonds. The zero-order valence-electron chi connectivity index (χ0n) is 17.3. The lowest BCUT2D eigenvalue weighted by molar-refractivity contribution is 0.526. The molecular weight excluding hydrogens is 381 g/mol. The van der Waals surface area contributed by atoms with Crippen LogP contribution in [0, 0.1) is 29.5 Å². The van der Waals surface area contributed by atoms with Gasteiger partial charge in [-0.1, -0.05) is 6.07 Å². The highest BCUT2D eigenvalue weighted by Gasteiger charge is 2.24. The smallest absolute Gasteiger partial charge is 0.227 e. The summed E-state index contributed by atoms with van der Waals surface area (Å²) in [6, 6.07) is 7.64. The first-order valence-electron chi connectivity index (χ1n) is 9.94. The number of nitrogens with zero attached hydrogens (tertiary/aromatic N) is 5. The van der Waals surface area contributed by atoms with Crippen LogP contribution in [0.5, 0.6) is 0 Å². The third-order valence-corrected chi connectivity index (χ3v) is 5.02. The molecule has 4 rings (SSSR count). The molecule has 0 spiro atoms. The van der Waals surface area contributed by atoms with Gasteiger partial charge in [0.05, 0.1) is 40.8 Å². The second kappa shape index (κ2) is 7.75. The number of benzene rings is 1. The van der Waals surface area contributed by atoms with Crippen LogP contribution in [0.1, 0.15) is 38.3 Å². The highest BCUT2D eigenvalue weighted by molar-refractivity contribution is 5.67. The Morgan fingerprint density at radius 1 is 1.30 bits per heavy atom. The summed E-state index contributed by atoms with van der Waals surface area (Å²) < 4.78 is 16.6. The van der Waals surface area contributed by atoms with E-state index in [9.17, 15) is 4.39 Å². The SMILES string of the molecule is Cc1cnc(Nc2cnn(C3CC3)c2)nc1-c1ccc(NCC(C)(C)C#N)c(F)c1. The predicted molar refractivity (Wildman–Crippen MR) is 114 cm³/mol. The molecular formula is C22H24FN7. The zero-order chi connectivity index (χ0) is 21.3. The third kappa shape index (κ3) is 4.40. The van der Waals surface area contributed by atoms with Gasteiger partial charge in [-0.2, -0.15) is 10.4 Å². The molecule has 3 aromatic rings. The van der Waals surface area contributed by atoms with Crippen LogP contribution in [0.4, 0.5) is 21.7 Å². The molecule has 154 valence electrons. The molecule has 2 N–H and O–H groups in total. The maximum atomic E-state index is 14.7. The summed E-state index contributed by atoms with van der Waals surface area (Å²) in [4.78, 5) is 8.93. The minimum absolute atomic E-state index is 0.356. The van der Waals surface area contributed by atoms with E-state index in [2.05, 4.69) is 31.8 Å². The van der Waals surface area contributed by atoms with Gasteiger partial charge in [-0.15, -0.1) is 0 Å². The summed E-state index contributed by atoms with van der Waals surface area (Å²) in [6.07, 6.45) is 7.75. The van der Waals surface area contributed by atoms with Gasteiger partial charge in [-0.3, -0.25) is 4.68 Å². The van der Waals surface area contributed by atoms with Crippen molar-refractivity contribution in [3.8, 4) is 17.3 Å². The number of aromatic nitrogens is 4. The molecule has 0 saturated heterocycles. The van der Waals surface area contributed by atoms with E-state index in [0.29, 0.717) is 35.5 Å². The van der Waals surface area contributed by atoms with Gasteiger partial charge < -0.3 is 10.6 Å². The van der Waals surface area contributed by atoms with Gasteiger partial charge in [-0.05, 0) is 51.3 Å². The Bertz CT molecular complexity index is 1110. The van der Waals surface area contributed by atoms with Gasteiger partial charge in [0.1, 0.15) is 5.82 Å². The molecule has 1 aromatic carbocycles. The van der Waals surface area contributed by atoms with Crippen molar-refractivity contribution in [1.82, 2.24) is 19.7 Å². The molecule has 7 nitrogen and oxygen atoms in total. The Morgan fingerprint density at radius 2 is 2.10 bits per heavy atom. The van der Waals surface area contributed by atoms with Crippen LogP contribution < -0.4 is 10.6 Å². The van der Waals surface area contributed by atoms with Crippen molar-refractivity contribution >= 4 is 17.3 Å². The Balaban J connectivity index is 1.53. The number of aryl methyl sites for hydroxylation is 1. The van der Waals surface area contributed by atoms with Crippen molar-refractivity contribution in [1.29, 1.82) is 5.26 Å². The standard InChI is InChI=1S/C22H24FN7/c1-14-9-25-21(28-16-10-27-30(11-16)17-5-6-17)29-20(14)15-4-7-19(18(23)8-15)26-13-22(2,3)12-24/h4,7-11,17,26H,5-6,13H2,1-3H3,(H,25,28,29). The van der Waals surface area contributed by atoms with Crippen LogP contribution in [0.15, 0.2) is 36.8 Å². The van der Waals surface area contributed by atoms with Crippen molar-refractivity contribution < 1.29 is 4.39 Å². The topological polar surface area (TPSA) is 91.4 Å². The summed E-state index contributed by atoms with van der Waals surface area (Å²) in [7, 11) is 0. The summed E-state index contributed by atoms with van der Waals surface area (Å²) in [5.41, 5.74) is 2.77. The molecule has 0 atom stereocenters. The second-order valence-corrected chi connectivity index (χ2v) is 8.33. The van der Waals surface area contributed by atoms with E-state index in [1.165, 1.54) is 6.07 Å². The van der Waals surface area contributed by atoms with E-state index in [1.54, 1.807) is 32.3 Å². The number of anilines is 3. The number of hydrogen-bond donors (Lipinski definition) is 2. The number of halogens is 1. The molecule has 1 fully saturated rings. The minimum Gasteiger partial charge on any atom is -0.381 e. The fourth-order valence-electron chi connectivity index (χ4n) is 3.03. The summed E-state index contributed by atoms with van der Waals surface area (Å²) in [5, 5.41) is 19.7. The van der Waals surface area contributed by atoms with E-state index in [4.69, 9.17) is 5.26 Å². The molecule has 8 heteroatoms. The first-order valence-corrected chi connectivity index (χ1v) is 9.94. The highest BCUT2D eigenvalue weighted by atomic mass is 19.1. The normalized spacial score (nSPS) is 13.7. The predicted octanol–water partition coefficient (Wildman–Crippen LogP) is 4.83. The Hall–Kier alpha value is -3.47. The maximum Gasteiger partial charge on any atom is 0.227 e. The Kier molecular flexibility index (Phi) is 5.12. The van der Waals surface area contributed by atoms with Crippen molar-refractivity contribution in [3.63, 3.8) is 0 Å². The molecule has 30 heavy (non-hydrogen) atoms. The third-order valence-electron chi connectivity index (χ3n) is 5.02. The average molecular weight is 405 g/mol. The van der Waals surface area contributed by atoms with Crippen LogP contribution in [0.2, 0.25) is 0 Å². The van der Waals surface area contributed by atoms with Gasteiger partial charge in [0.2, 0.25) is 5.95 Å². The first kappa shape index (κ1) is 19.8. The molecule has 1 aliphatic carbocycles. The van der Waals surface area contributed by atoms with Gasteiger partial charge >= 0.3 is 0 Å². The maximum absolute atomic E-state index is 14.7. The molecule has 0 aliphatic heterocycles. The molecule has 1 aliphatic rings. The van der Waals surface area contributed by atoms with Crippen molar-refractivity contribution in [3.05, 3.63) is 48.2 Å². The summed E-state index contributed by atoms with van der Waals surface area (Å²) in [6.45, 7) is 5.86. The number of rotatable bonds is 7. The monoisotopic (exact) mass is 405 g/mol. The largest absolute Gasteiger partial charge is 0.381 e. The van der Waals surface area contributed by atoms with Gasteiger partial charge in [0.15, 0.2) is 0 Å². The van der Waals surface area contributed by atoms with E-state index in [1.807, 2.05) is 23.9 Å². The van der Waals surface area contributed by atoms with Gasteiger partial charge in [-0.25, -0.2) is 14.4 Å². The number of nitriles is 1. The summed E-state index contributed by atoms with van der Waals surface area (Å²) in [5.74, 6) is 0.0452. The lowest BCUT2D eigenvalue weighted by Gasteiger charge is -2.17. The van der Waals surface area contributed by atoms with Crippen LogP contribution in [0.3, 0.4) is 0 Å². The molecule has 2 heterocycles. The van der Waals surface area contributed by atoms with Gasteiger partial charge in [0.25, 0.3) is 0 Å². The zero-order valence-corrected chi connectivity index (χ0v) is 17.3. The van der Waals surface area contributed by atoms with E-state index in [0.717, 1.165) is 24.1 Å². The van der Waals surface area contributed by atoms with E-state index < -0.39 is 5.41 Å². The van der Waals surface area contributed by atoms with E-state index >= 15 is 0 Å². The number of hydrogen-bond acceptors (Lipinski definition) is 6. The Morgan fingerprint density at radius 3 is 2.80 bits per heavy atom. The molecule has 0 radical (unpaired) electrons.